The van der Waals surface area contributed by atoms with Crippen LogP contribution in [0.3, 0.4) is 0 Å². The van der Waals surface area contributed by atoms with E-state index in [9.17, 15) is 4.79 Å². The molecule has 5 heteroatoms. The van der Waals surface area contributed by atoms with E-state index in [0.717, 1.165) is 43.1 Å². The maximum atomic E-state index is 12.8. The Morgan fingerprint density at radius 2 is 1.75 bits per heavy atom. The molecule has 0 saturated carbocycles. The molecule has 0 unspecified atom stereocenters. The van der Waals surface area contributed by atoms with Gasteiger partial charge in [0.05, 0.1) is 34.9 Å². The lowest BCUT2D eigenvalue weighted by Crippen LogP contribution is -2.01. The van der Waals surface area contributed by atoms with Gasteiger partial charge in [-0.2, -0.15) is 0 Å². The molecule has 28 heavy (non-hydrogen) atoms. The van der Waals surface area contributed by atoms with Gasteiger partial charge >= 0.3 is 5.97 Å². The van der Waals surface area contributed by atoms with Crippen molar-refractivity contribution in [2.24, 2.45) is 0 Å². The van der Waals surface area contributed by atoms with Crippen molar-refractivity contribution < 1.29 is 9.53 Å². The van der Waals surface area contributed by atoms with E-state index in [1.165, 1.54) is 7.11 Å². The molecule has 136 valence electrons. The summed E-state index contributed by atoms with van der Waals surface area (Å²) in [6, 6.07) is 21.8. The van der Waals surface area contributed by atoms with Crippen LogP contribution in [-0.4, -0.2) is 22.5 Å². The first-order valence-electron chi connectivity index (χ1n) is 8.85. The fraction of sp³-hybridized carbons (Fsp3) is 0.0435. The van der Waals surface area contributed by atoms with Gasteiger partial charge in [-0.15, -0.1) is 0 Å². The molecule has 0 atom stereocenters. The smallest absolute Gasteiger partial charge is 0.340 e. The van der Waals surface area contributed by atoms with Gasteiger partial charge in [0, 0.05) is 27.0 Å². The second-order valence-corrected chi connectivity index (χ2v) is 7.45. The van der Waals surface area contributed by atoms with Crippen LogP contribution in [0.25, 0.3) is 38.6 Å². The van der Waals surface area contributed by atoms with E-state index >= 15 is 0 Å². The number of rotatable bonds is 2. The van der Waals surface area contributed by atoms with Gasteiger partial charge in [-0.1, -0.05) is 52.3 Å². The van der Waals surface area contributed by atoms with Gasteiger partial charge in [-0.3, -0.25) is 0 Å². The molecule has 5 aromatic rings. The molecule has 3 aromatic heterocycles. The van der Waals surface area contributed by atoms with E-state index in [1.54, 1.807) is 0 Å². The molecule has 5 rings (SSSR count). The van der Waals surface area contributed by atoms with Crippen LogP contribution in [0.5, 0.6) is 0 Å². The van der Waals surface area contributed by atoms with Crippen LogP contribution in [-0.2, 0) is 4.74 Å². The Labute approximate surface area is 169 Å². The van der Waals surface area contributed by atoms with Crippen molar-refractivity contribution >= 4 is 49.2 Å². The molecule has 0 saturated heterocycles. The second kappa shape index (κ2) is 6.46. The Morgan fingerprint density at radius 1 is 1.00 bits per heavy atom. The first-order valence-corrected chi connectivity index (χ1v) is 9.64. The van der Waals surface area contributed by atoms with Crippen molar-refractivity contribution in [3.63, 3.8) is 0 Å². The van der Waals surface area contributed by atoms with E-state index in [0.29, 0.717) is 5.56 Å². The third kappa shape index (κ3) is 2.43. The average molecular weight is 431 g/mol. The van der Waals surface area contributed by atoms with Gasteiger partial charge in [0.15, 0.2) is 0 Å². The number of nitrogens with zero attached hydrogens (tertiary/aromatic N) is 2. The van der Waals surface area contributed by atoms with Crippen LogP contribution in [0.2, 0.25) is 0 Å². The zero-order valence-corrected chi connectivity index (χ0v) is 16.6. The fourth-order valence-corrected chi connectivity index (χ4v) is 4.04. The summed E-state index contributed by atoms with van der Waals surface area (Å²) < 4.78 is 8.17. The molecule has 0 spiro atoms. The standard InChI is InChI=1S/C23H15BrN2O2/c1-28-23(27)20-18-8-4-5-13-26(18)22-19(20)16-6-2-3-7-17(16)25-21(22)14-9-11-15(24)12-10-14/h2-13H,1H3. The summed E-state index contributed by atoms with van der Waals surface area (Å²) >= 11 is 3.49. The third-order valence-electron chi connectivity index (χ3n) is 4.98. The molecule has 0 aliphatic rings. The van der Waals surface area contributed by atoms with Crippen LogP contribution in [0.15, 0.2) is 77.4 Å². The van der Waals surface area contributed by atoms with Crippen molar-refractivity contribution in [2.45, 2.75) is 0 Å². The highest BCUT2D eigenvalue weighted by atomic mass is 79.9. The Bertz CT molecular complexity index is 1370. The molecule has 0 bridgehead atoms. The Hall–Kier alpha value is -3.18. The highest BCUT2D eigenvalue weighted by Crippen LogP contribution is 2.38. The zero-order valence-electron chi connectivity index (χ0n) is 15.0. The van der Waals surface area contributed by atoms with Gasteiger partial charge in [0.2, 0.25) is 0 Å². The third-order valence-corrected chi connectivity index (χ3v) is 5.51. The van der Waals surface area contributed by atoms with Crippen LogP contribution >= 0.6 is 15.9 Å². The minimum absolute atomic E-state index is 0.350. The van der Waals surface area contributed by atoms with Crippen LogP contribution in [0, 0.1) is 0 Å². The first kappa shape index (κ1) is 17.0. The maximum absolute atomic E-state index is 12.8. The van der Waals surface area contributed by atoms with E-state index < -0.39 is 0 Å². The average Bonchev–Trinajstić information content (AvgIpc) is 3.09. The largest absolute Gasteiger partial charge is 0.465 e. The summed E-state index contributed by atoms with van der Waals surface area (Å²) in [6.07, 6.45) is 1.96. The number of aromatic nitrogens is 2. The topological polar surface area (TPSA) is 43.6 Å². The quantitative estimate of drug-likeness (QED) is 0.329. The molecule has 0 aliphatic heterocycles. The number of benzene rings is 2. The van der Waals surface area contributed by atoms with Crippen molar-refractivity contribution in [3.05, 3.63) is 83.0 Å². The highest BCUT2D eigenvalue weighted by molar-refractivity contribution is 9.10. The number of hydrogen-bond donors (Lipinski definition) is 0. The van der Waals surface area contributed by atoms with E-state index in [2.05, 4.69) is 15.9 Å². The number of halogens is 1. The Morgan fingerprint density at radius 3 is 2.54 bits per heavy atom. The normalized spacial score (nSPS) is 11.4. The molecule has 0 N–H and O–H groups in total. The first-order chi connectivity index (χ1) is 13.7. The van der Waals surface area contributed by atoms with Gasteiger partial charge in [0.1, 0.15) is 0 Å². The summed E-state index contributed by atoms with van der Waals surface area (Å²) in [5.41, 5.74) is 4.93. The number of para-hydroxylation sites is 1. The van der Waals surface area contributed by atoms with Crippen molar-refractivity contribution in [1.29, 1.82) is 0 Å². The summed E-state index contributed by atoms with van der Waals surface area (Å²) in [7, 11) is 1.42. The molecular weight excluding hydrogens is 416 g/mol. The SMILES string of the molecule is COC(=O)c1c2c3ccccc3nc(-c3ccc(Br)cc3)c2n2ccccc12. The van der Waals surface area contributed by atoms with Gasteiger partial charge in [-0.05, 0) is 30.3 Å². The number of carbonyl (C=O) groups excluding carboxylic acids is 1. The molecule has 0 fully saturated rings. The lowest BCUT2D eigenvalue weighted by molar-refractivity contribution is 0.0605. The molecular formula is C23H15BrN2O2. The number of esters is 1. The summed E-state index contributed by atoms with van der Waals surface area (Å²) in [4.78, 5) is 17.7. The van der Waals surface area contributed by atoms with Crippen LogP contribution < -0.4 is 0 Å². The predicted molar refractivity (Wildman–Crippen MR) is 115 cm³/mol. The van der Waals surface area contributed by atoms with Crippen molar-refractivity contribution in [3.8, 4) is 11.3 Å². The lowest BCUT2D eigenvalue weighted by Gasteiger charge is -2.09. The number of ether oxygens (including phenoxy) is 1. The van der Waals surface area contributed by atoms with Gasteiger partial charge in [0.25, 0.3) is 0 Å². The number of fused-ring (bicyclic) bond motifs is 5. The minimum atomic E-state index is -0.350. The maximum Gasteiger partial charge on any atom is 0.340 e. The van der Waals surface area contributed by atoms with Crippen LogP contribution in [0.1, 0.15) is 10.4 Å². The Balaban J connectivity index is 2.06. The number of hydrogen-bond acceptors (Lipinski definition) is 3. The molecule has 3 heterocycles. The zero-order chi connectivity index (χ0) is 19.3. The van der Waals surface area contributed by atoms with Gasteiger partial charge in [-0.25, -0.2) is 9.78 Å². The number of pyridine rings is 2. The fourth-order valence-electron chi connectivity index (χ4n) is 3.78. The summed E-state index contributed by atoms with van der Waals surface area (Å²) in [6.45, 7) is 0. The molecule has 4 nitrogen and oxygen atoms in total. The summed E-state index contributed by atoms with van der Waals surface area (Å²) in [5, 5.41) is 1.80. The van der Waals surface area contributed by atoms with Crippen molar-refractivity contribution in [1.82, 2.24) is 9.38 Å². The van der Waals surface area contributed by atoms with E-state index in [1.807, 2.05) is 77.3 Å². The van der Waals surface area contributed by atoms with Crippen LogP contribution in [0.4, 0.5) is 0 Å². The molecule has 0 radical (unpaired) electrons. The molecule has 0 amide bonds. The summed E-state index contributed by atoms with van der Waals surface area (Å²) in [5.74, 6) is -0.350. The Kier molecular flexibility index (Phi) is 3.91. The van der Waals surface area contributed by atoms with Gasteiger partial charge < -0.3 is 9.14 Å². The molecule has 2 aromatic carbocycles. The lowest BCUT2D eigenvalue weighted by atomic mass is 10.0. The highest BCUT2D eigenvalue weighted by Gasteiger charge is 2.24. The predicted octanol–water partition coefficient (Wildman–Crippen LogP) is 5.86. The minimum Gasteiger partial charge on any atom is -0.465 e. The second-order valence-electron chi connectivity index (χ2n) is 6.53. The number of methoxy groups -OCH3 is 1. The van der Waals surface area contributed by atoms with E-state index in [4.69, 9.17) is 9.72 Å². The monoisotopic (exact) mass is 430 g/mol. The number of carbonyl (C=O) groups is 1. The van der Waals surface area contributed by atoms with Crippen molar-refractivity contribution in [2.75, 3.05) is 7.11 Å². The van der Waals surface area contributed by atoms with E-state index in [-0.39, 0.29) is 5.97 Å². The molecule has 0 aliphatic carbocycles.